The average Bonchev–Trinajstić information content (AvgIpc) is 3.12. The van der Waals surface area contributed by atoms with Crippen LogP contribution in [0.2, 0.25) is 0 Å². The monoisotopic (exact) mass is 405 g/mol. The Morgan fingerprint density at radius 1 is 1.15 bits per heavy atom. The van der Waals surface area contributed by atoms with E-state index in [0.29, 0.717) is 17.9 Å². The minimum atomic E-state index is -3.26. The maximum Gasteiger partial charge on any atom is 0.337 e. The van der Waals surface area contributed by atoms with Crippen molar-refractivity contribution in [2.24, 2.45) is 0 Å². The van der Waals surface area contributed by atoms with Crippen LogP contribution in [0, 0.1) is 0 Å². The Bertz CT molecular complexity index is 882. The summed E-state index contributed by atoms with van der Waals surface area (Å²) < 4.78 is 30.8. The number of methoxy groups -OCH3 is 1. The first-order chi connectivity index (χ1) is 12.9. The van der Waals surface area contributed by atoms with E-state index in [0.717, 1.165) is 11.3 Å². The summed E-state index contributed by atoms with van der Waals surface area (Å²) in [5, 5.41) is 0. The molecule has 7 heteroatoms. The molecule has 2 unspecified atom stereocenters. The number of ether oxygens (including phenoxy) is 1. The molecule has 0 aliphatic carbocycles. The molecule has 0 N–H and O–H groups in total. The highest BCUT2D eigenvalue weighted by molar-refractivity contribution is 7.99. The average molecular weight is 406 g/mol. The van der Waals surface area contributed by atoms with E-state index in [9.17, 15) is 13.2 Å². The molecule has 2 aromatic rings. The lowest BCUT2D eigenvalue weighted by molar-refractivity contribution is 0.0600. The Kier molecular flexibility index (Phi) is 6.24. The standard InChI is InChI=1S/C20H23NO4S2/c1-25-20(22)16-8-10-19(11-9-16)26-14-18-12-17(13-21(18)27(2,23)24)15-6-4-3-5-7-15/h3-11,17-18H,12-14H2,1-2H3. The van der Waals surface area contributed by atoms with Crippen molar-refractivity contribution in [3.8, 4) is 0 Å². The number of hydrogen-bond donors (Lipinski definition) is 0. The van der Waals surface area contributed by atoms with Crippen molar-refractivity contribution in [2.45, 2.75) is 23.3 Å². The van der Waals surface area contributed by atoms with Gasteiger partial charge in [-0.25, -0.2) is 13.2 Å². The molecule has 5 nitrogen and oxygen atoms in total. The summed E-state index contributed by atoms with van der Waals surface area (Å²) in [6, 6.07) is 17.2. The first kappa shape index (κ1) is 19.9. The van der Waals surface area contributed by atoms with Crippen molar-refractivity contribution < 1.29 is 17.9 Å². The summed E-state index contributed by atoms with van der Waals surface area (Å²) in [7, 11) is -1.90. The molecule has 0 spiro atoms. The summed E-state index contributed by atoms with van der Waals surface area (Å²) in [5.74, 6) is 0.526. The van der Waals surface area contributed by atoms with Crippen molar-refractivity contribution in [1.82, 2.24) is 4.31 Å². The van der Waals surface area contributed by atoms with Crippen LogP contribution in [0.5, 0.6) is 0 Å². The van der Waals surface area contributed by atoms with Gasteiger partial charge in [0.2, 0.25) is 10.0 Å². The van der Waals surface area contributed by atoms with Gasteiger partial charge in [-0.2, -0.15) is 4.31 Å². The Morgan fingerprint density at radius 2 is 1.81 bits per heavy atom. The Labute approximate surface area is 164 Å². The molecular weight excluding hydrogens is 382 g/mol. The van der Waals surface area contributed by atoms with Gasteiger partial charge in [0.15, 0.2) is 0 Å². The third-order valence-corrected chi connectivity index (χ3v) is 7.24. The number of carbonyl (C=O) groups excluding carboxylic acids is 1. The predicted molar refractivity (Wildman–Crippen MR) is 108 cm³/mol. The van der Waals surface area contributed by atoms with Gasteiger partial charge in [-0.05, 0) is 42.2 Å². The summed E-state index contributed by atoms with van der Waals surface area (Å²) in [6.07, 6.45) is 2.09. The molecule has 1 fully saturated rings. The zero-order valence-electron chi connectivity index (χ0n) is 15.4. The second-order valence-electron chi connectivity index (χ2n) is 6.66. The third-order valence-electron chi connectivity index (χ3n) is 4.78. The number of benzene rings is 2. The highest BCUT2D eigenvalue weighted by atomic mass is 32.2. The van der Waals surface area contributed by atoms with Crippen LogP contribution in [0.25, 0.3) is 0 Å². The lowest BCUT2D eigenvalue weighted by Crippen LogP contribution is -2.36. The lowest BCUT2D eigenvalue weighted by Gasteiger charge is -2.21. The molecule has 1 heterocycles. The summed E-state index contributed by atoms with van der Waals surface area (Å²) in [6.45, 7) is 0.523. The number of thioether (sulfide) groups is 1. The summed E-state index contributed by atoms with van der Waals surface area (Å²) in [4.78, 5) is 12.5. The Balaban J connectivity index is 1.69. The molecule has 0 radical (unpaired) electrons. The van der Waals surface area contributed by atoms with E-state index in [2.05, 4.69) is 12.1 Å². The normalized spacial score (nSPS) is 20.5. The number of hydrogen-bond acceptors (Lipinski definition) is 5. The van der Waals surface area contributed by atoms with Crippen LogP contribution in [0.4, 0.5) is 0 Å². The maximum atomic E-state index is 12.3. The van der Waals surface area contributed by atoms with Gasteiger partial charge in [-0.3, -0.25) is 0 Å². The number of esters is 1. The molecule has 1 aliphatic heterocycles. The molecule has 0 saturated carbocycles. The van der Waals surface area contributed by atoms with Crippen LogP contribution in [0.1, 0.15) is 28.3 Å². The highest BCUT2D eigenvalue weighted by Gasteiger charge is 2.37. The van der Waals surface area contributed by atoms with Crippen LogP contribution in [-0.4, -0.2) is 50.4 Å². The van der Waals surface area contributed by atoms with Crippen LogP contribution in [-0.2, 0) is 14.8 Å². The molecule has 2 aromatic carbocycles. The van der Waals surface area contributed by atoms with Crippen molar-refractivity contribution in [3.05, 3.63) is 65.7 Å². The second-order valence-corrected chi connectivity index (χ2v) is 9.69. The van der Waals surface area contributed by atoms with Crippen molar-refractivity contribution in [2.75, 3.05) is 25.7 Å². The van der Waals surface area contributed by atoms with Crippen LogP contribution < -0.4 is 0 Å². The SMILES string of the molecule is COC(=O)c1ccc(SCC2CC(c3ccccc3)CN2S(C)(=O)=O)cc1. The van der Waals surface area contributed by atoms with E-state index < -0.39 is 10.0 Å². The van der Waals surface area contributed by atoms with E-state index in [1.165, 1.54) is 18.9 Å². The molecule has 1 aliphatic rings. The minimum Gasteiger partial charge on any atom is -0.465 e. The van der Waals surface area contributed by atoms with E-state index in [-0.39, 0.29) is 17.9 Å². The van der Waals surface area contributed by atoms with Gasteiger partial charge >= 0.3 is 5.97 Å². The number of rotatable bonds is 6. The molecule has 144 valence electrons. The van der Waals surface area contributed by atoms with Crippen molar-refractivity contribution in [3.63, 3.8) is 0 Å². The predicted octanol–water partition coefficient (Wildman–Crippen LogP) is 3.38. The Morgan fingerprint density at radius 3 is 2.41 bits per heavy atom. The van der Waals surface area contributed by atoms with Gasteiger partial charge in [-0.1, -0.05) is 30.3 Å². The Hall–Kier alpha value is -1.83. The van der Waals surface area contributed by atoms with E-state index in [1.807, 2.05) is 30.3 Å². The first-order valence-corrected chi connectivity index (χ1v) is 11.5. The molecular formula is C20H23NO4S2. The molecule has 0 bridgehead atoms. The van der Waals surface area contributed by atoms with Crippen LogP contribution in [0.15, 0.2) is 59.5 Å². The van der Waals surface area contributed by atoms with Gasteiger partial charge in [0, 0.05) is 23.2 Å². The third kappa shape index (κ3) is 4.91. The topological polar surface area (TPSA) is 63.7 Å². The lowest BCUT2D eigenvalue weighted by atomic mass is 9.97. The van der Waals surface area contributed by atoms with Crippen molar-refractivity contribution >= 4 is 27.8 Å². The molecule has 2 atom stereocenters. The van der Waals surface area contributed by atoms with Crippen molar-refractivity contribution in [1.29, 1.82) is 0 Å². The van der Waals surface area contributed by atoms with E-state index in [1.54, 1.807) is 28.2 Å². The van der Waals surface area contributed by atoms with Gasteiger partial charge in [0.25, 0.3) is 0 Å². The quantitative estimate of drug-likeness (QED) is 0.545. The zero-order valence-corrected chi connectivity index (χ0v) is 17.0. The van der Waals surface area contributed by atoms with Crippen LogP contribution in [0.3, 0.4) is 0 Å². The van der Waals surface area contributed by atoms with E-state index in [4.69, 9.17) is 4.74 Å². The molecule has 27 heavy (non-hydrogen) atoms. The molecule has 0 amide bonds. The number of nitrogens with zero attached hydrogens (tertiary/aromatic N) is 1. The maximum absolute atomic E-state index is 12.3. The smallest absolute Gasteiger partial charge is 0.337 e. The second kappa shape index (κ2) is 8.46. The largest absolute Gasteiger partial charge is 0.465 e. The molecule has 3 rings (SSSR count). The number of carbonyl (C=O) groups is 1. The zero-order chi connectivity index (χ0) is 19.4. The van der Waals surface area contributed by atoms with Gasteiger partial charge in [-0.15, -0.1) is 11.8 Å². The fraction of sp³-hybridized carbons (Fsp3) is 0.350. The first-order valence-electron chi connectivity index (χ1n) is 8.71. The summed E-state index contributed by atoms with van der Waals surface area (Å²) in [5.41, 5.74) is 1.69. The van der Waals surface area contributed by atoms with Crippen LogP contribution >= 0.6 is 11.8 Å². The fourth-order valence-corrected chi connectivity index (χ4v) is 5.69. The van der Waals surface area contributed by atoms with Gasteiger partial charge < -0.3 is 4.74 Å². The minimum absolute atomic E-state index is 0.0458. The van der Waals surface area contributed by atoms with Gasteiger partial charge in [0.05, 0.1) is 18.9 Å². The molecule has 0 aromatic heterocycles. The molecule has 1 saturated heterocycles. The van der Waals surface area contributed by atoms with Gasteiger partial charge in [0.1, 0.15) is 0 Å². The van der Waals surface area contributed by atoms with E-state index >= 15 is 0 Å². The highest BCUT2D eigenvalue weighted by Crippen LogP contribution is 2.36. The number of sulfonamides is 1. The summed E-state index contributed by atoms with van der Waals surface area (Å²) >= 11 is 1.60. The fourth-order valence-electron chi connectivity index (χ4n) is 3.41.